The van der Waals surface area contributed by atoms with Gasteiger partial charge in [0.2, 0.25) is 0 Å². The van der Waals surface area contributed by atoms with Crippen LogP contribution in [0.1, 0.15) is 60.3 Å². The molecule has 0 aromatic carbocycles. The zero-order chi connectivity index (χ0) is 19.7. The van der Waals surface area contributed by atoms with E-state index in [1.54, 1.807) is 0 Å². The van der Waals surface area contributed by atoms with Crippen LogP contribution in [0.15, 0.2) is 0 Å². The van der Waals surface area contributed by atoms with Gasteiger partial charge in [-0.2, -0.15) is 0 Å². The molecule has 0 aliphatic heterocycles. The molecule has 25 heavy (non-hydrogen) atoms. The molecule has 5 atom stereocenters. The van der Waals surface area contributed by atoms with Crippen LogP contribution >= 0.6 is 7.82 Å². The Balaban J connectivity index is 4.07. The summed E-state index contributed by atoms with van der Waals surface area (Å²) in [7, 11) is -3.90. The molecule has 6 heteroatoms. The van der Waals surface area contributed by atoms with E-state index in [-0.39, 0.29) is 12.5 Å². The first-order chi connectivity index (χ1) is 11.3. The van der Waals surface area contributed by atoms with Gasteiger partial charge >= 0.3 is 133 Å². The van der Waals surface area contributed by atoms with Crippen LogP contribution in [0, 0.1) is 23.7 Å². The van der Waals surface area contributed by atoms with Gasteiger partial charge in [-0.25, -0.2) is 0 Å². The first-order valence-corrected chi connectivity index (χ1v) is 18.2. The quantitative estimate of drug-likeness (QED) is 0.244. The molecule has 0 heterocycles. The van der Waals surface area contributed by atoms with Gasteiger partial charge in [-0.05, 0) is 5.92 Å². The Kier molecular flexibility index (Phi) is 12.5. The average Bonchev–Trinajstić information content (AvgIpc) is 2.43. The van der Waals surface area contributed by atoms with Crippen molar-refractivity contribution in [3.05, 3.63) is 0 Å². The average molecular weight is 441 g/mol. The van der Waals surface area contributed by atoms with Crippen LogP contribution in [0.25, 0.3) is 0 Å². The van der Waals surface area contributed by atoms with Gasteiger partial charge in [0.15, 0.2) is 0 Å². The van der Waals surface area contributed by atoms with Crippen LogP contribution in [-0.2, 0) is 13.6 Å². The molecule has 0 fully saturated rings. The Hall–Kier alpha value is 0.668. The van der Waals surface area contributed by atoms with Crippen molar-refractivity contribution in [1.82, 2.24) is 0 Å². The minimum absolute atomic E-state index is 0.258. The monoisotopic (exact) mass is 441 g/mol. The van der Waals surface area contributed by atoms with Gasteiger partial charge in [-0.3, -0.25) is 0 Å². The predicted molar refractivity (Wildman–Crippen MR) is 111 cm³/mol. The van der Waals surface area contributed by atoms with Crippen molar-refractivity contribution in [3.8, 4) is 0 Å². The fourth-order valence-corrected chi connectivity index (χ4v) is 5.67. The standard InChI is InChI=1S/C19H42AsO4P/c1-9-16(2)12-17(3)13-18(4)14-19(5)15-24-25(21,22)23-11-10-20(6,7)8/h16-19H,9-15H2,1-8H3/p+1. The second kappa shape index (κ2) is 12.2. The molecule has 4 nitrogen and oxygen atoms in total. The van der Waals surface area contributed by atoms with Crippen molar-refractivity contribution in [2.45, 2.75) is 82.6 Å². The summed E-state index contributed by atoms with van der Waals surface area (Å²) in [6.07, 6.45) is 4.75. The number of phosphoric acid groups is 1. The second-order valence-corrected chi connectivity index (χ2v) is 21.1. The topological polar surface area (TPSA) is 55.8 Å². The van der Waals surface area contributed by atoms with Crippen molar-refractivity contribution in [2.75, 3.05) is 13.2 Å². The van der Waals surface area contributed by atoms with Gasteiger partial charge in [-0.15, -0.1) is 0 Å². The van der Waals surface area contributed by atoms with E-state index in [1.807, 2.05) is 0 Å². The predicted octanol–water partition coefficient (Wildman–Crippen LogP) is 6.58. The third kappa shape index (κ3) is 15.4. The van der Waals surface area contributed by atoms with Crippen LogP contribution in [0.2, 0.25) is 22.3 Å². The van der Waals surface area contributed by atoms with Gasteiger partial charge in [-0.1, -0.05) is 20.3 Å². The van der Waals surface area contributed by atoms with E-state index in [0.717, 1.165) is 23.5 Å². The van der Waals surface area contributed by atoms with Crippen LogP contribution in [0.5, 0.6) is 0 Å². The van der Waals surface area contributed by atoms with Gasteiger partial charge in [0.1, 0.15) is 0 Å². The Morgan fingerprint density at radius 3 is 1.84 bits per heavy atom. The Morgan fingerprint density at radius 2 is 1.36 bits per heavy atom. The van der Waals surface area contributed by atoms with Crippen LogP contribution in [-0.4, -0.2) is 31.7 Å². The SMILES string of the molecule is CCC(C)CC(C)CC(C)CC(C)COP(=O)(O)OCC[As+](C)(C)C. The molecule has 0 bridgehead atoms. The number of rotatable bonds is 14. The molecule has 0 amide bonds. The molecule has 0 radical (unpaired) electrons. The summed E-state index contributed by atoms with van der Waals surface area (Å²) in [5.41, 5.74) is 6.74. The zero-order valence-corrected chi connectivity index (χ0v) is 20.6. The van der Waals surface area contributed by atoms with Crippen LogP contribution < -0.4 is 0 Å². The van der Waals surface area contributed by atoms with Crippen LogP contribution in [0.3, 0.4) is 0 Å². The molecule has 1 N–H and O–H groups in total. The summed E-state index contributed by atoms with van der Waals surface area (Å²) < 4.78 is 22.3. The molecule has 5 unspecified atom stereocenters. The summed E-state index contributed by atoms with van der Waals surface area (Å²) >= 11 is -1.59. The maximum atomic E-state index is 12.0. The Morgan fingerprint density at radius 1 is 0.880 bits per heavy atom. The normalized spacial score (nSPS) is 19.9. The molecule has 0 rings (SSSR count). The fourth-order valence-electron chi connectivity index (χ4n) is 3.18. The van der Waals surface area contributed by atoms with E-state index >= 15 is 0 Å². The summed E-state index contributed by atoms with van der Waals surface area (Å²) in [6, 6.07) is 0. The van der Waals surface area contributed by atoms with E-state index in [4.69, 9.17) is 9.05 Å². The molecule has 0 aliphatic carbocycles. The van der Waals surface area contributed by atoms with Gasteiger partial charge < -0.3 is 0 Å². The summed E-state index contributed by atoms with van der Waals surface area (Å²) in [5, 5.41) is 0.896. The third-order valence-corrected chi connectivity index (χ3v) is 8.83. The molecular formula is C19H43AsO4P+. The number of hydrogen-bond acceptors (Lipinski definition) is 3. The Labute approximate surface area is 159 Å². The van der Waals surface area contributed by atoms with Gasteiger partial charge in [0.25, 0.3) is 0 Å². The fraction of sp³-hybridized carbons (Fsp3) is 1.00. The molecule has 0 saturated carbocycles. The summed E-state index contributed by atoms with van der Waals surface area (Å²) in [6.45, 7) is 11.9. The molecule has 0 saturated heterocycles. The van der Waals surface area contributed by atoms with E-state index in [1.165, 1.54) is 19.3 Å². The zero-order valence-electron chi connectivity index (χ0n) is 17.8. The Bertz CT molecular complexity index is 397. The van der Waals surface area contributed by atoms with E-state index in [0.29, 0.717) is 12.5 Å². The van der Waals surface area contributed by atoms with Crippen LogP contribution in [0.4, 0.5) is 0 Å². The van der Waals surface area contributed by atoms with E-state index in [2.05, 4.69) is 51.8 Å². The molecule has 0 aliphatic rings. The van der Waals surface area contributed by atoms with Crippen molar-refractivity contribution >= 4 is 21.4 Å². The second-order valence-electron chi connectivity index (χ2n) is 9.15. The molecule has 0 aromatic rings. The summed E-state index contributed by atoms with van der Waals surface area (Å²) in [5.74, 6) is 2.38. The number of hydrogen-bond donors (Lipinski definition) is 1. The van der Waals surface area contributed by atoms with Crippen molar-refractivity contribution in [2.24, 2.45) is 23.7 Å². The number of phosphoric ester groups is 1. The third-order valence-electron chi connectivity index (χ3n) is 4.65. The van der Waals surface area contributed by atoms with Gasteiger partial charge in [0, 0.05) is 0 Å². The van der Waals surface area contributed by atoms with E-state index in [9.17, 15) is 9.46 Å². The summed E-state index contributed by atoms with van der Waals surface area (Å²) in [4.78, 5) is 9.80. The molecule has 0 aromatic heterocycles. The minimum atomic E-state index is -3.90. The molecule has 152 valence electrons. The first kappa shape index (κ1) is 25.7. The van der Waals surface area contributed by atoms with Crippen molar-refractivity contribution in [1.29, 1.82) is 0 Å². The van der Waals surface area contributed by atoms with Crippen molar-refractivity contribution < 1.29 is 18.5 Å². The van der Waals surface area contributed by atoms with E-state index < -0.39 is 21.4 Å². The maximum absolute atomic E-state index is 12.0. The molecular weight excluding hydrogens is 398 g/mol. The first-order valence-electron chi connectivity index (χ1n) is 9.77. The molecule has 0 spiro atoms. The van der Waals surface area contributed by atoms with Gasteiger partial charge in [0.05, 0.1) is 0 Å². The van der Waals surface area contributed by atoms with Crippen molar-refractivity contribution in [3.63, 3.8) is 0 Å².